The Bertz CT molecular complexity index is 976. The first-order chi connectivity index (χ1) is 14.6. The van der Waals surface area contributed by atoms with Crippen LogP contribution in [0.15, 0.2) is 52.2 Å². The molecule has 0 radical (unpaired) electrons. The van der Waals surface area contributed by atoms with Gasteiger partial charge in [0.1, 0.15) is 5.76 Å². The molecule has 7 heteroatoms. The molecule has 1 unspecified atom stereocenters. The number of thioether (sulfide) groups is 1. The zero-order valence-electron chi connectivity index (χ0n) is 17.5. The predicted molar refractivity (Wildman–Crippen MR) is 119 cm³/mol. The molecule has 1 N–H and O–H groups in total. The maximum absolute atomic E-state index is 12.7. The van der Waals surface area contributed by atoms with Gasteiger partial charge in [0.25, 0.3) is 0 Å². The summed E-state index contributed by atoms with van der Waals surface area (Å²) in [6.07, 6.45) is 7.98. The molecule has 0 bridgehead atoms. The van der Waals surface area contributed by atoms with E-state index in [1.54, 1.807) is 6.26 Å². The van der Waals surface area contributed by atoms with Gasteiger partial charge in [0.05, 0.1) is 17.1 Å². The highest BCUT2D eigenvalue weighted by molar-refractivity contribution is 8.00. The minimum Gasteiger partial charge on any atom is -0.469 e. The van der Waals surface area contributed by atoms with E-state index in [2.05, 4.69) is 15.5 Å². The average Bonchev–Trinajstić information content (AvgIpc) is 3.39. The summed E-state index contributed by atoms with van der Waals surface area (Å²) in [7, 11) is 0. The molecular weight excluding hydrogens is 396 g/mol. The van der Waals surface area contributed by atoms with E-state index in [0.717, 1.165) is 23.6 Å². The van der Waals surface area contributed by atoms with Gasteiger partial charge in [0.15, 0.2) is 11.0 Å². The van der Waals surface area contributed by atoms with Crippen LogP contribution in [0.4, 0.5) is 0 Å². The number of aromatic nitrogens is 3. The van der Waals surface area contributed by atoms with Crippen LogP contribution in [0.25, 0.3) is 17.1 Å². The zero-order valence-corrected chi connectivity index (χ0v) is 18.3. The van der Waals surface area contributed by atoms with Gasteiger partial charge in [-0.1, -0.05) is 49.2 Å². The lowest BCUT2D eigenvalue weighted by molar-refractivity contribution is -0.120. The maximum Gasteiger partial charge on any atom is 0.233 e. The van der Waals surface area contributed by atoms with Crippen LogP contribution in [0.2, 0.25) is 0 Å². The molecule has 1 aromatic carbocycles. The highest BCUT2D eigenvalue weighted by Crippen LogP contribution is 2.32. The number of carbonyl (C=O) groups is 1. The fourth-order valence-electron chi connectivity index (χ4n) is 3.94. The first-order valence-electron chi connectivity index (χ1n) is 10.6. The van der Waals surface area contributed by atoms with Crippen molar-refractivity contribution in [2.45, 2.75) is 56.4 Å². The largest absolute Gasteiger partial charge is 0.469 e. The van der Waals surface area contributed by atoms with E-state index in [-0.39, 0.29) is 11.2 Å². The van der Waals surface area contributed by atoms with E-state index < -0.39 is 0 Å². The van der Waals surface area contributed by atoms with E-state index in [4.69, 9.17) is 4.42 Å². The standard InChI is InChI=1S/C23H28N4O2S/c1-16-20(13-14-29-16)21-25-26-23(27(21)19-11-7-4-8-12-19)30-17(2)22(28)24-15-18-9-5-3-6-10-18/h4,7-8,11-14,17-18H,3,5-6,9-10,15H2,1-2H3,(H,24,28). The zero-order chi connectivity index (χ0) is 20.9. The summed E-state index contributed by atoms with van der Waals surface area (Å²) in [5.41, 5.74) is 1.85. The SMILES string of the molecule is Cc1occc1-c1nnc(SC(C)C(=O)NCC2CCCCC2)n1-c1ccccc1. The maximum atomic E-state index is 12.7. The van der Waals surface area contributed by atoms with E-state index in [1.807, 2.05) is 54.8 Å². The molecule has 1 amide bonds. The van der Waals surface area contributed by atoms with Crippen LogP contribution in [0.3, 0.4) is 0 Å². The molecule has 4 rings (SSSR count). The molecule has 1 atom stereocenters. The summed E-state index contributed by atoms with van der Waals surface area (Å²) >= 11 is 1.43. The molecule has 158 valence electrons. The van der Waals surface area contributed by atoms with Crippen molar-refractivity contribution in [3.05, 3.63) is 48.4 Å². The van der Waals surface area contributed by atoms with Crippen LogP contribution in [0.1, 0.15) is 44.8 Å². The molecule has 30 heavy (non-hydrogen) atoms. The molecule has 1 saturated carbocycles. The quantitative estimate of drug-likeness (QED) is 0.540. The summed E-state index contributed by atoms with van der Waals surface area (Å²) in [4.78, 5) is 12.7. The second-order valence-corrected chi connectivity index (χ2v) is 9.18. The monoisotopic (exact) mass is 424 g/mol. The van der Waals surface area contributed by atoms with Crippen LogP contribution in [-0.2, 0) is 4.79 Å². The molecular formula is C23H28N4O2S. The van der Waals surface area contributed by atoms with Crippen molar-refractivity contribution in [2.75, 3.05) is 6.54 Å². The summed E-state index contributed by atoms with van der Waals surface area (Å²) < 4.78 is 7.47. The lowest BCUT2D eigenvalue weighted by Gasteiger charge is -2.22. The second kappa shape index (κ2) is 9.51. The van der Waals surface area contributed by atoms with Gasteiger partial charge in [-0.2, -0.15) is 0 Å². The number of rotatable bonds is 7. The van der Waals surface area contributed by atoms with E-state index in [0.29, 0.717) is 16.9 Å². The number of aryl methyl sites for hydroxylation is 1. The molecule has 1 fully saturated rings. The number of nitrogens with zero attached hydrogens (tertiary/aromatic N) is 3. The van der Waals surface area contributed by atoms with Crippen molar-refractivity contribution >= 4 is 17.7 Å². The Morgan fingerprint density at radius 3 is 2.67 bits per heavy atom. The normalized spacial score (nSPS) is 15.8. The van der Waals surface area contributed by atoms with Gasteiger partial charge in [-0.3, -0.25) is 9.36 Å². The third-order valence-electron chi connectivity index (χ3n) is 5.69. The third-order valence-corrected chi connectivity index (χ3v) is 6.73. The molecule has 0 saturated heterocycles. The van der Waals surface area contributed by atoms with Crippen molar-refractivity contribution in [1.82, 2.24) is 20.1 Å². The first kappa shape index (κ1) is 20.7. The average molecular weight is 425 g/mol. The Kier molecular flexibility index (Phi) is 6.57. The van der Waals surface area contributed by atoms with Gasteiger partial charge < -0.3 is 9.73 Å². The van der Waals surface area contributed by atoms with Gasteiger partial charge in [0.2, 0.25) is 5.91 Å². The molecule has 3 aromatic rings. The lowest BCUT2D eigenvalue weighted by Crippen LogP contribution is -2.35. The summed E-state index contributed by atoms with van der Waals surface area (Å²) in [6.45, 7) is 4.61. The van der Waals surface area contributed by atoms with Crippen LogP contribution in [0.5, 0.6) is 0 Å². The summed E-state index contributed by atoms with van der Waals surface area (Å²) in [6, 6.07) is 11.9. The number of amides is 1. The Balaban J connectivity index is 1.53. The minimum absolute atomic E-state index is 0.0502. The Hall–Kier alpha value is -2.54. The van der Waals surface area contributed by atoms with Gasteiger partial charge in [-0.25, -0.2) is 0 Å². The number of hydrogen-bond donors (Lipinski definition) is 1. The van der Waals surface area contributed by atoms with Gasteiger partial charge in [-0.15, -0.1) is 10.2 Å². The Morgan fingerprint density at radius 1 is 1.20 bits per heavy atom. The number of carbonyl (C=O) groups excluding carboxylic acids is 1. The van der Waals surface area contributed by atoms with Crippen LogP contribution in [-0.4, -0.2) is 32.5 Å². The minimum atomic E-state index is -0.265. The molecule has 0 spiro atoms. The van der Waals surface area contributed by atoms with Gasteiger partial charge in [0, 0.05) is 12.2 Å². The number of hydrogen-bond acceptors (Lipinski definition) is 5. The molecule has 0 aliphatic heterocycles. The van der Waals surface area contributed by atoms with Crippen LogP contribution in [0, 0.1) is 12.8 Å². The summed E-state index contributed by atoms with van der Waals surface area (Å²) in [5.74, 6) is 2.16. The number of benzene rings is 1. The third kappa shape index (κ3) is 4.61. The van der Waals surface area contributed by atoms with Crippen molar-refractivity contribution in [2.24, 2.45) is 5.92 Å². The fourth-order valence-corrected chi connectivity index (χ4v) is 4.83. The van der Waals surface area contributed by atoms with E-state index >= 15 is 0 Å². The van der Waals surface area contributed by atoms with Gasteiger partial charge >= 0.3 is 0 Å². The Morgan fingerprint density at radius 2 is 1.97 bits per heavy atom. The van der Waals surface area contributed by atoms with E-state index in [1.165, 1.54) is 43.9 Å². The highest BCUT2D eigenvalue weighted by Gasteiger charge is 2.24. The first-order valence-corrected chi connectivity index (χ1v) is 11.5. The van der Waals surface area contributed by atoms with Crippen molar-refractivity contribution < 1.29 is 9.21 Å². The predicted octanol–water partition coefficient (Wildman–Crippen LogP) is 5.01. The van der Waals surface area contributed by atoms with Crippen LogP contribution >= 0.6 is 11.8 Å². The smallest absolute Gasteiger partial charge is 0.233 e. The highest BCUT2D eigenvalue weighted by atomic mass is 32.2. The second-order valence-electron chi connectivity index (χ2n) is 7.88. The van der Waals surface area contributed by atoms with Crippen molar-refractivity contribution in [3.8, 4) is 17.1 Å². The molecule has 1 aliphatic rings. The molecule has 1 aliphatic carbocycles. The molecule has 6 nitrogen and oxygen atoms in total. The number of furan rings is 1. The Labute approximate surface area is 181 Å². The van der Waals surface area contributed by atoms with E-state index in [9.17, 15) is 4.79 Å². The van der Waals surface area contributed by atoms with Crippen LogP contribution < -0.4 is 5.32 Å². The summed E-state index contributed by atoms with van der Waals surface area (Å²) in [5, 5.41) is 12.4. The topological polar surface area (TPSA) is 72.9 Å². The van der Waals surface area contributed by atoms with Crippen molar-refractivity contribution in [3.63, 3.8) is 0 Å². The fraction of sp³-hybridized carbons (Fsp3) is 0.435. The van der Waals surface area contributed by atoms with Crippen molar-refractivity contribution in [1.29, 1.82) is 0 Å². The number of para-hydroxylation sites is 1. The molecule has 2 aromatic heterocycles. The molecule has 2 heterocycles. The lowest BCUT2D eigenvalue weighted by atomic mass is 9.89. The van der Waals surface area contributed by atoms with Gasteiger partial charge in [-0.05, 0) is 50.8 Å². The number of nitrogens with one attached hydrogen (secondary N) is 1.